The van der Waals surface area contributed by atoms with Crippen LogP contribution in [0.4, 0.5) is 4.39 Å². The highest BCUT2D eigenvalue weighted by atomic mass is 19.1. The minimum absolute atomic E-state index is 0.0966. The lowest BCUT2D eigenvalue weighted by molar-refractivity contribution is 0.0947. The Morgan fingerprint density at radius 3 is 2.95 bits per heavy atom. The van der Waals surface area contributed by atoms with E-state index in [2.05, 4.69) is 4.90 Å². The van der Waals surface area contributed by atoms with Crippen molar-refractivity contribution in [1.29, 1.82) is 0 Å². The van der Waals surface area contributed by atoms with Crippen molar-refractivity contribution in [2.24, 2.45) is 5.92 Å². The van der Waals surface area contributed by atoms with Crippen molar-refractivity contribution in [2.75, 3.05) is 20.2 Å². The molecule has 1 aromatic carbocycles. The number of Topliss-reactive ketones (excluding diaryl/α,β-unsaturated/α-hetero) is 1. The maximum absolute atomic E-state index is 13.8. The van der Waals surface area contributed by atoms with Crippen LogP contribution in [0.1, 0.15) is 36.0 Å². The number of fused-ring (bicyclic) bond motifs is 2. The summed E-state index contributed by atoms with van der Waals surface area (Å²) in [5.74, 6) is 0.496. The second-order valence-corrected chi connectivity index (χ2v) is 5.82. The Labute approximate surface area is 118 Å². The average molecular weight is 277 g/mol. The number of hydrogen-bond acceptors (Lipinski definition) is 3. The summed E-state index contributed by atoms with van der Waals surface area (Å²) in [7, 11) is 1.46. The van der Waals surface area contributed by atoms with Gasteiger partial charge in [0.2, 0.25) is 0 Å². The SMILES string of the molecule is COc1cccc(F)c1C(=O)CCN1CC2CCC1C2. The lowest BCUT2D eigenvalue weighted by Crippen LogP contribution is -2.33. The van der Waals surface area contributed by atoms with E-state index in [0.717, 1.165) is 19.0 Å². The summed E-state index contributed by atoms with van der Waals surface area (Å²) < 4.78 is 18.9. The van der Waals surface area contributed by atoms with E-state index in [0.29, 0.717) is 18.2 Å². The number of likely N-dealkylation sites (tertiary alicyclic amines) is 1. The molecule has 1 aliphatic carbocycles. The van der Waals surface area contributed by atoms with Gasteiger partial charge in [-0.1, -0.05) is 6.07 Å². The van der Waals surface area contributed by atoms with Gasteiger partial charge in [0.05, 0.1) is 12.7 Å². The van der Waals surface area contributed by atoms with Gasteiger partial charge in [0.1, 0.15) is 11.6 Å². The third-order valence-electron chi connectivity index (χ3n) is 4.62. The van der Waals surface area contributed by atoms with Gasteiger partial charge in [-0.15, -0.1) is 0 Å². The Bertz CT molecular complexity index is 517. The van der Waals surface area contributed by atoms with Gasteiger partial charge >= 0.3 is 0 Å². The number of ether oxygens (including phenoxy) is 1. The molecule has 3 nitrogen and oxygen atoms in total. The van der Waals surface area contributed by atoms with Gasteiger partial charge in [-0.25, -0.2) is 4.39 Å². The van der Waals surface area contributed by atoms with Crippen LogP contribution in [0.25, 0.3) is 0 Å². The number of nitrogens with zero attached hydrogens (tertiary/aromatic N) is 1. The predicted octanol–water partition coefficient (Wildman–Crippen LogP) is 2.89. The fourth-order valence-electron chi connectivity index (χ4n) is 3.62. The van der Waals surface area contributed by atoms with E-state index in [1.807, 2.05) is 0 Å². The molecule has 108 valence electrons. The molecular formula is C16H20FNO2. The molecule has 4 heteroatoms. The molecule has 0 aromatic heterocycles. The van der Waals surface area contributed by atoms with Crippen molar-refractivity contribution in [3.05, 3.63) is 29.6 Å². The first kappa shape index (κ1) is 13.6. The Morgan fingerprint density at radius 1 is 1.45 bits per heavy atom. The molecule has 0 N–H and O–H groups in total. The Hall–Kier alpha value is -1.42. The van der Waals surface area contributed by atoms with Crippen LogP contribution in [0.2, 0.25) is 0 Å². The largest absolute Gasteiger partial charge is 0.496 e. The maximum atomic E-state index is 13.8. The molecule has 0 radical (unpaired) electrons. The molecule has 2 atom stereocenters. The lowest BCUT2D eigenvalue weighted by atomic mass is 10.0. The van der Waals surface area contributed by atoms with Crippen LogP contribution < -0.4 is 4.74 Å². The van der Waals surface area contributed by atoms with Crippen molar-refractivity contribution in [1.82, 2.24) is 4.90 Å². The standard InChI is InChI=1S/C16H20FNO2/c1-20-15-4-2-3-13(17)16(15)14(19)7-8-18-10-11-5-6-12(18)9-11/h2-4,11-12H,5-10H2,1H3. The highest BCUT2D eigenvalue weighted by Crippen LogP contribution is 2.37. The summed E-state index contributed by atoms with van der Waals surface area (Å²) in [6, 6.07) is 5.15. The molecular weight excluding hydrogens is 257 g/mol. The summed E-state index contributed by atoms with van der Waals surface area (Å²) in [6.45, 7) is 1.84. The van der Waals surface area contributed by atoms with Crippen LogP contribution in [0, 0.1) is 11.7 Å². The van der Waals surface area contributed by atoms with Crippen molar-refractivity contribution in [3.63, 3.8) is 0 Å². The number of rotatable bonds is 5. The highest BCUT2D eigenvalue weighted by Gasteiger charge is 2.37. The van der Waals surface area contributed by atoms with Gasteiger partial charge < -0.3 is 4.74 Å². The number of carbonyl (C=O) groups is 1. The third-order valence-corrected chi connectivity index (χ3v) is 4.62. The molecule has 1 heterocycles. The normalized spacial score (nSPS) is 25.1. The second-order valence-electron chi connectivity index (χ2n) is 5.82. The van der Waals surface area contributed by atoms with E-state index in [1.165, 1.54) is 32.4 Å². The van der Waals surface area contributed by atoms with Gasteiger partial charge in [-0.05, 0) is 37.3 Å². The smallest absolute Gasteiger partial charge is 0.170 e. The molecule has 2 bridgehead atoms. The molecule has 3 rings (SSSR count). The number of benzene rings is 1. The first-order valence-electron chi connectivity index (χ1n) is 7.28. The van der Waals surface area contributed by atoms with Crippen molar-refractivity contribution in [2.45, 2.75) is 31.7 Å². The van der Waals surface area contributed by atoms with E-state index in [9.17, 15) is 9.18 Å². The van der Waals surface area contributed by atoms with Gasteiger partial charge in [0, 0.05) is 25.6 Å². The topological polar surface area (TPSA) is 29.5 Å². The molecule has 2 aliphatic rings. The zero-order valence-corrected chi connectivity index (χ0v) is 11.8. The molecule has 0 spiro atoms. The highest BCUT2D eigenvalue weighted by molar-refractivity contribution is 5.99. The zero-order chi connectivity index (χ0) is 14.1. The molecule has 0 amide bonds. The van der Waals surface area contributed by atoms with Crippen LogP contribution in [-0.2, 0) is 0 Å². The van der Waals surface area contributed by atoms with Gasteiger partial charge in [-0.3, -0.25) is 9.69 Å². The molecule has 2 unspecified atom stereocenters. The Morgan fingerprint density at radius 2 is 2.30 bits per heavy atom. The minimum atomic E-state index is -0.489. The Balaban J connectivity index is 1.65. The molecule has 20 heavy (non-hydrogen) atoms. The molecule has 1 aliphatic heterocycles. The molecule has 2 fully saturated rings. The number of ketones is 1. The first-order chi connectivity index (χ1) is 9.69. The van der Waals surface area contributed by atoms with Crippen LogP contribution >= 0.6 is 0 Å². The fraction of sp³-hybridized carbons (Fsp3) is 0.562. The number of carbonyl (C=O) groups excluding carboxylic acids is 1. The van der Waals surface area contributed by atoms with Crippen LogP contribution in [0.3, 0.4) is 0 Å². The van der Waals surface area contributed by atoms with E-state index < -0.39 is 5.82 Å². The van der Waals surface area contributed by atoms with Gasteiger partial charge in [-0.2, -0.15) is 0 Å². The van der Waals surface area contributed by atoms with Crippen LogP contribution in [0.5, 0.6) is 5.75 Å². The summed E-state index contributed by atoms with van der Waals surface area (Å²) in [6.07, 6.45) is 4.22. The molecule has 1 saturated carbocycles. The molecule has 1 aromatic rings. The van der Waals surface area contributed by atoms with Crippen molar-refractivity contribution < 1.29 is 13.9 Å². The quantitative estimate of drug-likeness (QED) is 0.775. The zero-order valence-electron chi connectivity index (χ0n) is 11.8. The number of hydrogen-bond donors (Lipinski definition) is 0. The van der Waals surface area contributed by atoms with E-state index in [4.69, 9.17) is 4.74 Å². The number of methoxy groups -OCH3 is 1. The van der Waals surface area contributed by atoms with Gasteiger partial charge in [0.15, 0.2) is 5.78 Å². The summed E-state index contributed by atoms with van der Waals surface area (Å²) in [4.78, 5) is 14.6. The predicted molar refractivity (Wildman–Crippen MR) is 74.6 cm³/mol. The summed E-state index contributed by atoms with van der Waals surface area (Å²) >= 11 is 0. The van der Waals surface area contributed by atoms with Gasteiger partial charge in [0.25, 0.3) is 0 Å². The lowest BCUT2D eigenvalue weighted by Gasteiger charge is -2.26. The van der Waals surface area contributed by atoms with Crippen molar-refractivity contribution in [3.8, 4) is 5.75 Å². The summed E-state index contributed by atoms with van der Waals surface area (Å²) in [5.41, 5.74) is 0.0966. The van der Waals surface area contributed by atoms with E-state index >= 15 is 0 Å². The molecule has 1 saturated heterocycles. The first-order valence-corrected chi connectivity index (χ1v) is 7.28. The summed E-state index contributed by atoms with van der Waals surface area (Å²) in [5, 5.41) is 0. The third kappa shape index (κ3) is 2.44. The van der Waals surface area contributed by atoms with Crippen molar-refractivity contribution >= 4 is 5.78 Å². The second kappa shape index (κ2) is 5.52. The van der Waals surface area contributed by atoms with E-state index in [-0.39, 0.29) is 11.3 Å². The maximum Gasteiger partial charge on any atom is 0.170 e. The Kier molecular flexibility index (Phi) is 3.74. The number of piperidine rings is 1. The van der Waals surface area contributed by atoms with E-state index in [1.54, 1.807) is 12.1 Å². The number of halogens is 1. The monoisotopic (exact) mass is 277 g/mol. The van der Waals surface area contributed by atoms with Crippen LogP contribution in [0.15, 0.2) is 18.2 Å². The van der Waals surface area contributed by atoms with Crippen LogP contribution in [-0.4, -0.2) is 36.9 Å². The fourth-order valence-corrected chi connectivity index (χ4v) is 3.62. The minimum Gasteiger partial charge on any atom is -0.496 e. The average Bonchev–Trinajstić information content (AvgIpc) is 3.06.